The molecule has 1 aromatic carbocycles. The highest BCUT2D eigenvalue weighted by molar-refractivity contribution is 5.78. The molecule has 3 aliphatic rings. The van der Waals surface area contributed by atoms with E-state index < -0.39 is 17.8 Å². The monoisotopic (exact) mass is 519 g/mol. The molecule has 3 fully saturated rings. The molecule has 0 bridgehead atoms. The second kappa shape index (κ2) is 11.2. The Labute approximate surface area is 221 Å². The van der Waals surface area contributed by atoms with Crippen LogP contribution < -0.4 is 10.6 Å². The van der Waals surface area contributed by atoms with Crippen LogP contribution in [-0.4, -0.2) is 84.8 Å². The van der Waals surface area contributed by atoms with E-state index in [1.54, 1.807) is 0 Å². The number of carbonyl (C=O) groups excluding carboxylic acids is 1. The SMILES string of the molecule is CC(C)N(CCNC(=O)Cc1cccc(NC2OC(C3COC(C)(C)O3)[C@@H]3OC(C)(C)O[C@H]23)c1)C(C)C. The summed E-state index contributed by atoms with van der Waals surface area (Å²) in [5.74, 6) is -1.36. The van der Waals surface area contributed by atoms with Crippen LogP contribution in [0.2, 0.25) is 0 Å². The maximum absolute atomic E-state index is 12.6. The first kappa shape index (κ1) is 28.3. The molecule has 0 saturated carbocycles. The van der Waals surface area contributed by atoms with Crippen LogP contribution in [0.3, 0.4) is 0 Å². The van der Waals surface area contributed by atoms with Gasteiger partial charge >= 0.3 is 0 Å². The van der Waals surface area contributed by atoms with E-state index >= 15 is 0 Å². The highest BCUT2D eigenvalue weighted by atomic mass is 16.8. The molecule has 3 aliphatic heterocycles. The number of anilines is 1. The maximum atomic E-state index is 12.6. The zero-order chi connectivity index (χ0) is 27.0. The summed E-state index contributed by atoms with van der Waals surface area (Å²) in [6.45, 7) is 18.2. The normalized spacial score (nSPS) is 30.3. The number of carbonyl (C=O) groups is 1. The number of rotatable bonds is 10. The third-order valence-electron chi connectivity index (χ3n) is 7.11. The Morgan fingerprint density at radius 1 is 1.00 bits per heavy atom. The molecular weight excluding hydrogens is 474 g/mol. The van der Waals surface area contributed by atoms with Crippen molar-refractivity contribution < 1.29 is 28.5 Å². The van der Waals surface area contributed by atoms with Crippen LogP contribution in [0, 0.1) is 0 Å². The molecule has 3 saturated heterocycles. The summed E-state index contributed by atoms with van der Waals surface area (Å²) >= 11 is 0. The first-order chi connectivity index (χ1) is 17.3. The van der Waals surface area contributed by atoms with Crippen LogP contribution in [0.1, 0.15) is 61.0 Å². The largest absolute Gasteiger partial charge is 0.358 e. The summed E-state index contributed by atoms with van der Waals surface area (Å²) in [6, 6.07) is 8.74. The third-order valence-corrected chi connectivity index (χ3v) is 7.11. The molecule has 9 nitrogen and oxygen atoms in total. The predicted molar refractivity (Wildman–Crippen MR) is 141 cm³/mol. The van der Waals surface area contributed by atoms with Gasteiger partial charge in [0.15, 0.2) is 17.8 Å². The molecule has 0 aliphatic carbocycles. The second-order valence-corrected chi connectivity index (χ2v) is 11.7. The molecule has 2 N–H and O–H groups in total. The minimum atomic E-state index is -0.715. The molecule has 0 spiro atoms. The molecule has 9 heteroatoms. The van der Waals surface area contributed by atoms with Crippen LogP contribution >= 0.6 is 0 Å². The lowest BCUT2D eigenvalue weighted by molar-refractivity contribution is -0.203. The quantitative estimate of drug-likeness (QED) is 0.487. The number of hydrogen-bond acceptors (Lipinski definition) is 8. The van der Waals surface area contributed by atoms with E-state index in [9.17, 15) is 4.79 Å². The van der Waals surface area contributed by atoms with E-state index in [2.05, 4.69) is 43.2 Å². The molecule has 208 valence electrons. The number of amides is 1. The smallest absolute Gasteiger partial charge is 0.224 e. The highest BCUT2D eigenvalue weighted by Crippen LogP contribution is 2.42. The Hall–Kier alpha value is -1.75. The lowest BCUT2D eigenvalue weighted by Gasteiger charge is -2.30. The zero-order valence-electron chi connectivity index (χ0n) is 23.6. The van der Waals surface area contributed by atoms with Gasteiger partial charge in [-0.15, -0.1) is 0 Å². The Kier molecular flexibility index (Phi) is 8.52. The zero-order valence-corrected chi connectivity index (χ0v) is 23.6. The third kappa shape index (κ3) is 7.02. The summed E-state index contributed by atoms with van der Waals surface area (Å²) in [6.07, 6.45) is -1.26. The van der Waals surface area contributed by atoms with E-state index in [1.165, 1.54) is 0 Å². The van der Waals surface area contributed by atoms with Gasteiger partial charge in [0.1, 0.15) is 24.4 Å². The predicted octanol–water partition coefficient (Wildman–Crippen LogP) is 3.27. The van der Waals surface area contributed by atoms with Gasteiger partial charge in [0.2, 0.25) is 5.91 Å². The molecule has 3 unspecified atom stereocenters. The number of nitrogens with one attached hydrogen (secondary N) is 2. The van der Waals surface area contributed by atoms with E-state index in [0.717, 1.165) is 17.8 Å². The van der Waals surface area contributed by atoms with Crippen LogP contribution in [0.5, 0.6) is 0 Å². The average Bonchev–Trinajstić information content (AvgIpc) is 3.41. The minimum Gasteiger partial charge on any atom is -0.358 e. The van der Waals surface area contributed by atoms with Gasteiger partial charge in [-0.05, 0) is 73.1 Å². The molecule has 3 heterocycles. The van der Waals surface area contributed by atoms with Gasteiger partial charge in [-0.2, -0.15) is 0 Å². The first-order valence-electron chi connectivity index (χ1n) is 13.5. The fourth-order valence-corrected chi connectivity index (χ4v) is 5.54. The second-order valence-electron chi connectivity index (χ2n) is 11.7. The molecule has 0 radical (unpaired) electrons. The van der Waals surface area contributed by atoms with Crippen molar-refractivity contribution in [3.05, 3.63) is 29.8 Å². The van der Waals surface area contributed by atoms with Gasteiger partial charge in [0.05, 0.1) is 13.0 Å². The van der Waals surface area contributed by atoms with Gasteiger partial charge in [0.25, 0.3) is 0 Å². The van der Waals surface area contributed by atoms with Gasteiger partial charge < -0.3 is 34.3 Å². The van der Waals surface area contributed by atoms with Crippen molar-refractivity contribution in [2.24, 2.45) is 0 Å². The highest BCUT2D eigenvalue weighted by Gasteiger charge is 2.59. The molecule has 5 atom stereocenters. The number of benzene rings is 1. The van der Waals surface area contributed by atoms with Crippen LogP contribution in [-0.2, 0) is 34.9 Å². The van der Waals surface area contributed by atoms with E-state index in [0.29, 0.717) is 31.7 Å². The summed E-state index contributed by atoms with van der Waals surface area (Å²) in [5, 5.41) is 6.52. The number of ether oxygens (including phenoxy) is 5. The number of fused-ring (bicyclic) bond motifs is 1. The fourth-order valence-electron chi connectivity index (χ4n) is 5.54. The van der Waals surface area contributed by atoms with Crippen molar-refractivity contribution in [2.45, 2.75) is 116 Å². The molecule has 37 heavy (non-hydrogen) atoms. The van der Waals surface area contributed by atoms with Crippen molar-refractivity contribution in [3.63, 3.8) is 0 Å². The van der Waals surface area contributed by atoms with Crippen LogP contribution in [0.4, 0.5) is 5.69 Å². The Morgan fingerprint density at radius 2 is 1.70 bits per heavy atom. The van der Waals surface area contributed by atoms with Crippen LogP contribution in [0.15, 0.2) is 24.3 Å². The average molecular weight is 520 g/mol. The van der Waals surface area contributed by atoms with E-state index in [4.69, 9.17) is 23.7 Å². The lowest BCUT2D eigenvalue weighted by atomic mass is 10.1. The van der Waals surface area contributed by atoms with Crippen molar-refractivity contribution in [2.75, 3.05) is 25.0 Å². The Balaban J connectivity index is 1.35. The van der Waals surface area contributed by atoms with Gasteiger partial charge in [-0.1, -0.05) is 12.1 Å². The first-order valence-corrected chi connectivity index (χ1v) is 13.5. The minimum absolute atomic E-state index is 0.0112. The van der Waals surface area contributed by atoms with Crippen molar-refractivity contribution in [1.82, 2.24) is 10.2 Å². The van der Waals surface area contributed by atoms with Crippen molar-refractivity contribution in [1.29, 1.82) is 0 Å². The van der Waals surface area contributed by atoms with Gasteiger partial charge in [-0.25, -0.2) is 0 Å². The maximum Gasteiger partial charge on any atom is 0.224 e. The Bertz CT molecular complexity index is 928. The summed E-state index contributed by atoms with van der Waals surface area (Å²) in [7, 11) is 0. The van der Waals surface area contributed by atoms with Gasteiger partial charge in [0, 0.05) is 30.9 Å². The fraction of sp³-hybridized carbons (Fsp3) is 0.750. The van der Waals surface area contributed by atoms with Crippen LogP contribution in [0.25, 0.3) is 0 Å². The molecule has 4 rings (SSSR count). The molecular formula is C28H45N3O6. The summed E-state index contributed by atoms with van der Waals surface area (Å²) < 4.78 is 30.7. The molecule has 0 aromatic heterocycles. The topological polar surface area (TPSA) is 90.5 Å². The number of hydrogen-bond donors (Lipinski definition) is 2. The number of nitrogens with zero attached hydrogens (tertiary/aromatic N) is 1. The van der Waals surface area contributed by atoms with Crippen molar-refractivity contribution >= 4 is 11.6 Å². The Morgan fingerprint density at radius 3 is 2.35 bits per heavy atom. The van der Waals surface area contributed by atoms with E-state index in [-0.39, 0.29) is 30.3 Å². The summed E-state index contributed by atoms with van der Waals surface area (Å²) in [4.78, 5) is 15.0. The summed E-state index contributed by atoms with van der Waals surface area (Å²) in [5.41, 5.74) is 1.79. The van der Waals surface area contributed by atoms with E-state index in [1.807, 2.05) is 52.0 Å². The molecule has 1 aromatic rings. The van der Waals surface area contributed by atoms with Crippen molar-refractivity contribution in [3.8, 4) is 0 Å². The molecule has 1 amide bonds. The lowest BCUT2D eigenvalue weighted by Crippen LogP contribution is -2.42. The van der Waals surface area contributed by atoms with Gasteiger partial charge in [-0.3, -0.25) is 9.69 Å². The standard InChI is InChI=1S/C28H45N3O6/c1-17(2)31(18(3)4)13-12-29-22(32)15-19-10-9-11-20(14-19)30-26-25-24(36-28(7,8)37-25)23(34-26)21-16-33-27(5,6)35-21/h9-11,14,17-18,21,23-26,30H,12-13,15-16H2,1-8H3,(H,29,32)/t21?,23?,24-,25-,26?/m0/s1.